The van der Waals surface area contributed by atoms with Crippen molar-refractivity contribution >= 4 is 46.6 Å². The topological polar surface area (TPSA) is 49.4 Å². The predicted molar refractivity (Wildman–Crippen MR) is 134 cm³/mol. The number of carbonyl (C=O) groups is 2. The summed E-state index contributed by atoms with van der Waals surface area (Å²) in [4.78, 5) is 27.2. The molecule has 0 spiro atoms. The van der Waals surface area contributed by atoms with Crippen LogP contribution in [0.3, 0.4) is 0 Å². The van der Waals surface area contributed by atoms with Gasteiger partial charge >= 0.3 is 0 Å². The van der Waals surface area contributed by atoms with Crippen molar-refractivity contribution in [1.82, 2.24) is 0 Å². The first-order valence-corrected chi connectivity index (χ1v) is 11.9. The molecule has 2 amide bonds. The van der Waals surface area contributed by atoms with Gasteiger partial charge in [0.05, 0.1) is 16.3 Å². The minimum absolute atomic E-state index is 0.0515. The molecule has 0 saturated carbocycles. The van der Waals surface area contributed by atoms with Gasteiger partial charge in [-0.1, -0.05) is 68.8 Å². The summed E-state index contributed by atoms with van der Waals surface area (Å²) in [7, 11) is 0. The van der Waals surface area contributed by atoms with Crippen molar-refractivity contribution in [2.45, 2.75) is 31.6 Å². The number of rotatable bonds is 4. The van der Waals surface area contributed by atoms with Crippen LogP contribution in [0.4, 0.5) is 11.4 Å². The zero-order valence-electron chi connectivity index (χ0n) is 18.3. The minimum Gasteiger partial charge on any atom is -0.322 e. The smallest absolute Gasteiger partial charge is 0.257 e. The molecule has 1 aliphatic heterocycles. The maximum Gasteiger partial charge on any atom is 0.257 e. The van der Waals surface area contributed by atoms with E-state index in [0.717, 1.165) is 11.3 Å². The van der Waals surface area contributed by atoms with Crippen LogP contribution in [0.25, 0.3) is 0 Å². The summed E-state index contributed by atoms with van der Waals surface area (Å²) in [5.74, 6) is 0.230. The van der Waals surface area contributed by atoms with E-state index in [0.29, 0.717) is 22.0 Å². The molecule has 0 aliphatic carbocycles. The van der Waals surface area contributed by atoms with Crippen LogP contribution in [-0.4, -0.2) is 17.6 Å². The maximum atomic E-state index is 12.7. The molecule has 0 bridgehead atoms. The van der Waals surface area contributed by atoms with Gasteiger partial charge in [0.15, 0.2) is 0 Å². The number of thioether (sulfide) groups is 1. The quantitative estimate of drug-likeness (QED) is 0.469. The normalized spacial score (nSPS) is 16.3. The molecule has 6 heteroatoms. The van der Waals surface area contributed by atoms with Crippen molar-refractivity contribution in [1.29, 1.82) is 0 Å². The molecule has 1 fully saturated rings. The van der Waals surface area contributed by atoms with Crippen molar-refractivity contribution in [2.24, 2.45) is 0 Å². The molecule has 1 N–H and O–H groups in total. The van der Waals surface area contributed by atoms with Crippen LogP contribution >= 0.6 is 23.4 Å². The minimum atomic E-state index is -0.266. The second kappa shape index (κ2) is 9.00. The molecular weight excluding hydrogens is 440 g/mol. The lowest BCUT2D eigenvalue weighted by atomic mass is 9.87. The largest absolute Gasteiger partial charge is 0.322 e. The fraction of sp³-hybridized carbons (Fsp3) is 0.231. The van der Waals surface area contributed by atoms with Crippen LogP contribution in [0.2, 0.25) is 5.02 Å². The molecule has 0 aromatic heterocycles. The molecule has 0 unspecified atom stereocenters. The number of hydrogen-bond acceptors (Lipinski definition) is 3. The summed E-state index contributed by atoms with van der Waals surface area (Å²) in [6, 6.07) is 22.8. The summed E-state index contributed by atoms with van der Waals surface area (Å²) in [5, 5.41) is 3.17. The lowest BCUT2D eigenvalue weighted by Gasteiger charge is -2.26. The lowest BCUT2D eigenvalue weighted by molar-refractivity contribution is -0.115. The summed E-state index contributed by atoms with van der Waals surface area (Å²) in [6.07, 6.45) is 0. The number of amides is 2. The van der Waals surface area contributed by atoms with Gasteiger partial charge in [0, 0.05) is 11.4 Å². The van der Waals surface area contributed by atoms with E-state index < -0.39 is 0 Å². The van der Waals surface area contributed by atoms with Crippen molar-refractivity contribution in [3.05, 3.63) is 94.5 Å². The standard InChI is InChI=1S/C26H25ClN2O2S/c1-26(2,3)18-11-13-20(14-12-18)29-23(30)16-32-25(29)17-7-6-8-19(15-17)28-24(31)21-9-4-5-10-22(21)27/h4-15,25H,16H2,1-3H3,(H,28,31)/t25-/m0/s1. The molecule has 32 heavy (non-hydrogen) atoms. The Morgan fingerprint density at radius 3 is 2.44 bits per heavy atom. The Balaban J connectivity index is 1.58. The van der Waals surface area contributed by atoms with Crippen LogP contribution in [0.15, 0.2) is 72.8 Å². The van der Waals surface area contributed by atoms with Gasteiger partial charge in [0.2, 0.25) is 5.91 Å². The van der Waals surface area contributed by atoms with Gasteiger partial charge in [-0.2, -0.15) is 0 Å². The Morgan fingerprint density at radius 1 is 1.03 bits per heavy atom. The SMILES string of the molecule is CC(C)(C)c1ccc(N2C(=O)CS[C@H]2c2cccc(NC(=O)c3ccccc3Cl)c2)cc1. The number of nitrogens with one attached hydrogen (secondary N) is 1. The Kier molecular flexibility index (Phi) is 6.31. The summed E-state index contributed by atoms with van der Waals surface area (Å²) in [5.41, 5.74) is 4.19. The van der Waals surface area contributed by atoms with Gasteiger partial charge in [0.1, 0.15) is 5.37 Å². The van der Waals surface area contributed by atoms with Gasteiger partial charge in [-0.05, 0) is 52.9 Å². The third-order valence-corrected chi connectivity index (χ3v) is 6.97. The van der Waals surface area contributed by atoms with Crippen molar-refractivity contribution in [2.75, 3.05) is 16.0 Å². The van der Waals surface area contributed by atoms with E-state index in [1.807, 2.05) is 41.3 Å². The Hall–Kier alpha value is -2.76. The fourth-order valence-electron chi connectivity index (χ4n) is 3.69. The van der Waals surface area contributed by atoms with E-state index in [9.17, 15) is 9.59 Å². The van der Waals surface area contributed by atoms with Gasteiger partial charge in [0.25, 0.3) is 5.91 Å². The highest BCUT2D eigenvalue weighted by Crippen LogP contribution is 2.42. The molecule has 4 nitrogen and oxygen atoms in total. The van der Waals surface area contributed by atoms with Crippen LogP contribution in [0.5, 0.6) is 0 Å². The van der Waals surface area contributed by atoms with Crippen LogP contribution in [0.1, 0.15) is 47.6 Å². The number of halogens is 1. The summed E-state index contributed by atoms with van der Waals surface area (Å²) < 4.78 is 0. The molecule has 3 aromatic carbocycles. The molecule has 1 saturated heterocycles. The van der Waals surface area contributed by atoms with E-state index in [4.69, 9.17) is 11.6 Å². The van der Waals surface area contributed by atoms with Crippen molar-refractivity contribution in [3.8, 4) is 0 Å². The average Bonchev–Trinajstić information content (AvgIpc) is 3.15. The first-order valence-electron chi connectivity index (χ1n) is 10.4. The van der Waals surface area contributed by atoms with Crippen molar-refractivity contribution < 1.29 is 9.59 Å². The number of carbonyl (C=O) groups excluding carboxylic acids is 2. The predicted octanol–water partition coefficient (Wildman–Crippen LogP) is 6.67. The Labute approximate surface area is 198 Å². The van der Waals surface area contributed by atoms with E-state index in [2.05, 4.69) is 38.2 Å². The van der Waals surface area contributed by atoms with Gasteiger partial charge in [-0.25, -0.2) is 0 Å². The van der Waals surface area contributed by atoms with Gasteiger partial charge < -0.3 is 5.32 Å². The number of hydrogen-bond donors (Lipinski definition) is 1. The lowest BCUT2D eigenvalue weighted by Crippen LogP contribution is -2.28. The van der Waals surface area contributed by atoms with Gasteiger partial charge in [-0.15, -0.1) is 11.8 Å². The number of nitrogens with zero attached hydrogens (tertiary/aromatic N) is 1. The Morgan fingerprint density at radius 2 is 1.75 bits per heavy atom. The number of anilines is 2. The van der Waals surface area contributed by atoms with Crippen molar-refractivity contribution in [3.63, 3.8) is 0 Å². The van der Waals surface area contributed by atoms with Crippen LogP contribution < -0.4 is 10.2 Å². The monoisotopic (exact) mass is 464 g/mol. The number of benzene rings is 3. The Bertz CT molecular complexity index is 1150. The van der Waals surface area contributed by atoms with Crippen LogP contribution in [-0.2, 0) is 10.2 Å². The first kappa shape index (κ1) is 22.4. The summed E-state index contributed by atoms with van der Waals surface area (Å²) in [6.45, 7) is 6.51. The zero-order chi connectivity index (χ0) is 22.9. The molecular formula is C26H25ClN2O2S. The highest BCUT2D eigenvalue weighted by Gasteiger charge is 2.34. The zero-order valence-corrected chi connectivity index (χ0v) is 19.8. The highest BCUT2D eigenvalue weighted by atomic mass is 35.5. The van der Waals surface area contributed by atoms with Crippen LogP contribution in [0, 0.1) is 0 Å². The molecule has 1 heterocycles. The maximum absolute atomic E-state index is 12.7. The van der Waals surface area contributed by atoms with E-state index >= 15 is 0 Å². The molecule has 4 rings (SSSR count). The molecule has 0 radical (unpaired) electrons. The molecule has 3 aromatic rings. The second-order valence-electron chi connectivity index (χ2n) is 8.78. The third kappa shape index (κ3) is 4.69. The third-order valence-electron chi connectivity index (χ3n) is 5.43. The average molecular weight is 465 g/mol. The fourth-order valence-corrected chi connectivity index (χ4v) is 5.07. The van der Waals surface area contributed by atoms with Gasteiger partial charge in [-0.3, -0.25) is 14.5 Å². The second-order valence-corrected chi connectivity index (χ2v) is 10.3. The van der Waals surface area contributed by atoms with E-state index in [1.54, 1.807) is 36.0 Å². The molecule has 1 aliphatic rings. The molecule has 1 atom stereocenters. The summed E-state index contributed by atoms with van der Waals surface area (Å²) >= 11 is 7.74. The van der Waals surface area contributed by atoms with E-state index in [1.165, 1.54) is 5.56 Å². The first-order chi connectivity index (χ1) is 15.2. The molecule has 164 valence electrons. The van der Waals surface area contributed by atoms with E-state index in [-0.39, 0.29) is 22.6 Å². The highest BCUT2D eigenvalue weighted by molar-refractivity contribution is 8.00.